The van der Waals surface area contributed by atoms with Crippen LogP contribution >= 0.6 is 0 Å². The van der Waals surface area contributed by atoms with Gasteiger partial charge < -0.3 is 5.11 Å². The predicted molar refractivity (Wildman–Crippen MR) is 116 cm³/mol. The fourth-order valence-corrected chi connectivity index (χ4v) is 6.98. The number of benzene rings is 3. The lowest BCUT2D eigenvalue weighted by Crippen LogP contribution is -2.43. The number of phenols is 1. The summed E-state index contributed by atoms with van der Waals surface area (Å²) in [7, 11) is 0. The number of aryl methyl sites for hydroxylation is 1. The molecule has 3 aromatic rings. The van der Waals surface area contributed by atoms with Crippen LogP contribution in [0.5, 0.6) is 5.75 Å². The van der Waals surface area contributed by atoms with Crippen LogP contribution in [0.15, 0.2) is 54.6 Å². The molecule has 4 saturated carbocycles. The number of rotatable bonds is 2. The SMILES string of the molecule is Cc1ccc2cc(-c3ccc(O)c(C4C5CC6CC(C5)CC4C6)c3)ccc2c1. The van der Waals surface area contributed by atoms with E-state index in [0.717, 1.165) is 23.7 Å². The monoisotopic (exact) mass is 368 g/mol. The molecule has 7 rings (SSSR count). The minimum Gasteiger partial charge on any atom is -0.508 e. The number of hydrogen-bond donors (Lipinski definition) is 1. The summed E-state index contributed by atoms with van der Waals surface area (Å²) in [6.07, 6.45) is 7.02. The van der Waals surface area contributed by atoms with Crippen molar-refractivity contribution < 1.29 is 5.11 Å². The van der Waals surface area contributed by atoms with Crippen molar-refractivity contribution >= 4 is 10.8 Å². The largest absolute Gasteiger partial charge is 0.508 e. The maximum Gasteiger partial charge on any atom is 0.119 e. The van der Waals surface area contributed by atoms with Crippen molar-refractivity contribution in [3.63, 3.8) is 0 Å². The molecular weight excluding hydrogens is 340 g/mol. The van der Waals surface area contributed by atoms with Gasteiger partial charge in [0.1, 0.15) is 5.75 Å². The van der Waals surface area contributed by atoms with E-state index in [1.54, 1.807) is 0 Å². The lowest BCUT2D eigenvalue weighted by atomic mass is 9.50. The van der Waals surface area contributed by atoms with Crippen LogP contribution in [0.25, 0.3) is 21.9 Å². The molecule has 4 bridgehead atoms. The van der Waals surface area contributed by atoms with Crippen LogP contribution in [0.4, 0.5) is 0 Å². The summed E-state index contributed by atoms with van der Waals surface area (Å²) in [5.41, 5.74) is 5.01. The predicted octanol–water partition coefficient (Wildman–Crippen LogP) is 7.06. The molecule has 0 aliphatic heterocycles. The van der Waals surface area contributed by atoms with Crippen LogP contribution in [0.2, 0.25) is 0 Å². The van der Waals surface area contributed by atoms with Gasteiger partial charge in [-0.1, -0.05) is 42.0 Å². The lowest BCUT2D eigenvalue weighted by molar-refractivity contribution is -0.00345. The van der Waals surface area contributed by atoms with E-state index in [9.17, 15) is 5.11 Å². The van der Waals surface area contributed by atoms with Gasteiger partial charge in [0.15, 0.2) is 0 Å². The third-order valence-electron chi connectivity index (χ3n) is 7.94. The Labute approximate surface area is 167 Å². The molecule has 0 unspecified atom stereocenters. The Kier molecular flexibility index (Phi) is 3.63. The number of hydrogen-bond acceptors (Lipinski definition) is 1. The van der Waals surface area contributed by atoms with Crippen LogP contribution < -0.4 is 0 Å². The van der Waals surface area contributed by atoms with E-state index in [1.165, 1.54) is 65.1 Å². The van der Waals surface area contributed by atoms with Gasteiger partial charge in [-0.15, -0.1) is 0 Å². The second kappa shape index (κ2) is 6.11. The van der Waals surface area contributed by atoms with E-state index in [0.29, 0.717) is 11.7 Å². The molecule has 1 N–H and O–H groups in total. The van der Waals surface area contributed by atoms with E-state index in [-0.39, 0.29) is 0 Å². The van der Waals surface area contributed by atoms with Crippen LogP contribution in [0, 0.1) is 30.6 Å². The molecule has 28 heavy (non-hydrogen) atoms. The highest BCUT2D eigenvalue weighted by atomic mass is 16.3. The molecule has 0 amide bonds. The van der Waals surface area contributed by atoms with Gasteiger partial charge >= 0.3 is 0 Å². The molecule has 1 heteroatoms. The minimum atomic E-state index is 0.512. The van der Waals surface area contributed by atoms with Crippen molar-refractivity contribution in [2.24, 2.45) is 23.7 Å². The van der Waals surface area contributed by atoms with Crippen LogP contribution in [-0.4, -0.2) is 5.11 Å². The molecule has 3 aromatic carbocycles. The molecule has 0 radical (unpaired) electrons. The Bertz CT molecular complexity index is 1040. The fraction of sp³-hybridized carbons (Fsp3) is 0.407. The van der Waals surface area contributed by atoms with Gasteiger partial charge in [0.05, 0.1) is 0 Å². The van der Waals surface area contributed by atoms with E-state index in [4.69, 9.17) is 0 Å². The Balaban J connectivity index is 1.41. The summed E-state index contributed by atoms with van der Waals surface area (Å²) in [6, 6.07) is 19.7. The molecule has 142 valence electrons. The van der Waals surface area contributed by atoms with E-state index < -0.39 is 0 Å². The molecule has 4 fully saturated rings. The van der Waals surface area contributed by atoms with E-state index in [1.807, 2.05) is 6.07 Å². The van der Waals surface area contributed by atoms with Crippen LogP contribution in [-0.2, 0) is 0 Å². The molecule has 4 aliphatic rings. The van der Waals surface area contributed by atoms with Gasteiger partial charge in [-0.25, -0.2) is 0 Å². The first kappa shape index (κ1) is 16.7. The second-order valence-electron chi connectivity index (χ2n) is 9.80. The number of fused-ring (bicyclic) bond motifs is 1. The van der Waals surface area contributed by atoms with Gasteiger partial charge in [0.25, 0.3) is 0 Å². The Morgan fingerprint density at radius 2 is 1.29 bits per heavy atom. The molecule has 0 aromatic heterocycles. The number of phenolic OH excluding ortho intramolecular Hbond substituents is 1. The van der Waals surface area contributed by atoms with Crippen LogP contribution in [0.3, 0.4) is 0 Å². The minimum absolute atomic E-state index is 0.512. The summed E-state index contributed by atoms with van der Waals surface area (Å²) >= 11 is 0. The molecule has 0 spiro atoms. The van der Waals surface area contributed by atoms with Crippen molar-refractivity contribution in [1.29, 1.82) is 0 Å². The van der Waals surface area contributed by atoms with Crippen molar-refractivity contribution in [2.45, 2.75) is 44.9 Å². The maximum atomic E-state index is 10.8. The topological polar surface area (TPSA) is 20.2 Å². The van der Waals surface area contributed by atoms with Gasteiger partial charge in [-0.3, -0.25) is 0 Å². The van der Waals surface area contributed by atoms with Crippen molar-refractivity contribution in [1.82, 2.24) is 0 Å². The standard InChI is InChI=1S/C27H28O/c1-16-2-3-20-14-21(5-4-19(20)8-16)22-6-7-26(28)25(15-22)27-23-10-17-9-18(12-23)13-24(27)11-17/h2-8,14-15,17-18,23-24,27-28H,9-13H2,1H3. The summed E-state index contributed by atoms with van der Waals surface area (Å²) in [6.45, 7) is 2.14. The third kappa shape index (κ3) is 2.59. The summed E-state index contributed by atoms with van der Waals surface area (Å²) < 4.78 is 0. The Morgan fingerprint density at radius 3 is 2.04 bits per heavy atom. The normalized spacial score (nSPS) is 30.8. The average Bonchev–Trinajstić information content (AvgIpc) is 2.68. The molecule has 4 aliphatic carbocycles. The van der Waals surface area contributed by atoms with Crippen molar-refractivity contribution in [2.75, 3.05) is 0 Å². The first-order chi connectivity index (χ1) is 13.6. The van der Waals surface area contributed by atoms with E-state index >= 15 is 0 Å². The number of aromatic hydroxyl groups is 1. The molecule has 0 saturated heterocycles. The van der Waals surface area contributed by atoms with Gasteiger partial charge in [-0.05, 0) is 114 Å². The lowest BCUT2D eigenvalue weighted by Gasteiger charge is -2.54. The molecule has 0 heterocycles. The van der Waals surface area contributed by atoms with Gasteiger partial charge in [-0.2, -0.15) is 0 Å². The first-order valence-electron chi connectivity index (χ1n) is 11.0. The maximum absolute atomic E-state index is 10.8. The fourth-order valence-electron chi connectivity index (χ4n) is 6.98. The first-order valence-corrected chi connectivity index (χ1v) is 11.0. The zero-order valence-corrected chi connectivity index (χ0v) is 16.6. The van der Waals surface area contributed by atoms with E-state index in [2.05, 4.69) is 55.5 Å². The average molecular weight is 369 g/mol. The smallest absolute Gasteiger partial charge is 0.119 e. The quantitative estimate of drug-likeness (QED) is 0.513. The summed E-state index contributed by atoms with van der Waals surface area (Å²) in [4.78, 5) is 0. The zero-order valence-electron chi connectivity index (χ0n) is 16.6. The molecule has 1 nitrogen and oxygen atoms in total. The highest BCUT2D eigenvalue weighted by Gasteiger charge is 2.49. The summed E-state index contributed by atoms with van der Waals surface area (Å²) in [5, 5.41) is 13.3. The van der Waals surface area contributed by atoms with Crippen LogP contribution in [0.1, 0.15) is 49.1 Å². The Hall–Kier alpha value is -2.28. The van der Waals surface area contributed by atoms with Crippen molar-refractivity contribution in [3.8, 4) is 16.9 Å². The van der Waals surface area contributed by atoms with Gasteiger partial charge in [0.2, 0.25) is 0 Å². The summed E-state index contributed by atoms with van der Waals surface area (Å²) in [5.74, 6) is 4.59. The highest BCUT2D eigenvalue weighted by molar-refractivity contribution is 5.88. The molecular formula is C27H28O. The third-order valence-corrected chi connectivity index (χ3v) is 7.94. The van der Waals surface area contributed by atoms with Crippen molar-refractivity contribution in [3.05, 3.63) is 65.7 Å². The molecule has 0 atom stereocenters. The Morgan fingerprint density at radius 1 is 0.679 bits per heavy atom. The highest BCUT2D eigenvalue weighted by Crippen LogP contribution is 2.60. The van der Waals surface area contributed by atoms with Gasteiger partial charge in [0, 0.05) is 0 Å². The second-order valence-corrected chi connectivity index (χ2v) is 9.80. The zero-order chi connectivity index (χ0) is 18.8.